The monoisotopic (exact) mass is 198 g/mol. The minimum Gasteiger partial charge on any atom is -0.370 e. The fraction of sp³-hybridized carbons (Fsp3) is 0.444. The number of rotatable bonds is 3. The van der Waals surface area contributed by atoms with Gasteiger partial charge in [0, 0.05) is 22.2 Å². The van der Waals surface area contributed by atoms with Gasteiger partial charge in [0.2, 0.25) is 5.91 Å². The summed E-state index contributed by atoms with van der Waals surface area (Å²) in [6, 6.07) is 1.77. The Kier molecular flexibility index (Phi) is 3.06. The quantitative estimate of drug-likeness (QED) is 0.767. The number of thiophene rings is 1. The van der Waals surface area contributed by atoms with Crippen LogP contribution < -0.4 is 11.5 Å². The standard InChI is InChI=1S/C9H14N2OS/c1-5-3-7(6(2)13-5)8(10)4-9(11)12/h3,8H,4,10H2,1-2H3,(H2,11,12)/t8-/m1/s1. The van der Waals surface area contributed by atoms with Crippen molar-refractivity contribution in [3.05, 3.63) is 21.4 Å². The molecule has 0 radical (unpaired) electrons. The van der Waals surface area contributed by atoms with Crippen LogP contribution in [0.1, 0.15) is 27.8 Å². The van der Waals surface area contributed by atoms with E-state index < -0.39 is 0 Å². The van der Waals surface area contributed by atoms with Gasteiger partial charge in [0.25, 0.3) is 0 Å². The molecule has 0 fully saturated rings. The van der Waals surface area contributed by atoms with Gasteiger partial charge in [-0.1, -0.05) is 0 Å². The van der Waals surface area contributed by atoms with Crippen LogP contribution in [0, 0.1) is 13.8 Å². The third-order valence-corrected chi connectivity index (χ3v) is 2.88. The zero-order valence-electron chi connectivity index (χ0n) is 7.83. The molecule has 0 unspecified atom stereocenters. The number of hydrogen-bond donors (Lipinski definition) is 2. The van der Waals surface area contributed by atoms with Crippen LogP contribution >= 0.6 is 11.3 Å². The van der Waals surface area contributed by atoms with Crippen molar-refractivity contribution in [2.45, 2.75) is 26.3 Å². The van der Waals surface area contributed by atoms with Crippen LogP contribution in [0.3, 0.4) is 0 Å². The molecule has 3 nitrogen and oxygen atoms in total. The highest BCUT2D eigenvalue weighted by atomic mass is 32.1. The van der Waals surface area contributed by atoms with Gasteiger partial charge in [-0.3, -0.25) is 4.79 Å². The van der Waals surface area contributed by atoms with Crippen LogP contribution in [0.4, 0.5) is 0 Å². The number of aryl methyl sites for hydroxylation is 2. The van der Waals surface area contributed by atoms with Crippen LogP contribution in [0.15, 0.2) is 6.07 Å². The lowest BCUT2D eigenvalue weighted by Crippen LogP contribution is -2.20. The molecule has 0 aliphatic heterocycles. The Morgan fingerprint density at radius 1 is 1.62 bits per heavy atom. The van der Waals surface area contributed by atoms with Crippen molar-refractivity contribution >= 4 is 17.2 Å². The van der Waals surface area contributed by atoms with Gasteiger partial charge in [0.05, 0.1) is 0 Å². The fourth-order valence-corrected chi connectivity index (χ4v) is 2.34. The van der Waals surface area contributed by atoms with E-state index in [9.17, 15) is 4.79 Å². The molecule has 1 heterocycles. The van der Waals surface area contributed by atoms with Crippen LogP contribution in [-0.4, -0.2) is 5.91 Å². The van der Waals surface area contributed by atoms with Crippen molar-refractivity contribution in [3.63, 3.8) is 0 Å². The molecular weight excluding hydrogens is 184 g/mol. The highest BCUT2D eigenvalue weighted by Crippen LogP contribution is 2.26. The first-order chi connectivity index (χ1) is 6.00. The molecule has 4 N–H and O–H groups in total. The van der Waals surface area contributed by atoms with Crippen LogP contribution in [0.5, 0.6) is 0 Å². The average molecular weight is 198 g/mol. The third-order valence-electron chi connectivity index (χ3n) is 1.90. The lowest BCUT2D eigenvalue weighted by Gasteiger charge is -2.08. The van der Waals surface area contributed by atoms with Crippen molar-refractivity contribution in [1.82, 2.24) is 0 Å². The summed E-state index contributed by atoms with van der Waals surface area (Å²) >= 11 is 1.69. The van der Waals surface area contributed by atoms with E-state index >= 15 is 0 Å². The van der Waals surface area contributed by atoms with Gasteiger partial charge in [0.15, 0.2) is 0 Å². The Balaban J connectivity index is 2.81. The molecule has 4 heteroatoms. The largest absolute Gasteiger partial charge is 0.370 e. The first kappa shape index (κ1) is 10.2. The molecule has 1 aromatic rings. The Morgan fingerprint density at radius 2 is 2.23 bits per heavy atom. The topological polar surface area (TPSA) is 69.1 Å². The molecule has 0 aliphatic carbocycles. The Labute approximate surface area is 81.7 Å². The maximum Gasteiger partial charge on any atom is 0.219 e. The van der Waals surface area contributed by atoms with Gasteiger partial charge in [0.1, 0.15) is 0 Å². The minimum absolute atomic E-state index is 0.219. The Morgan fingerprint density at radius 3 is 2.62 bits per heavy atom. The summed E-state index contributed by atoms with van der Waals surface area (Å²) in [6.07, 6.45) is 0.219. The second-order valence-corrected chi connectivity index (χ2v) is 4.61. The predicted octanol–water partition coefficient (Wildman–Crippen LogP) is 1.24. The van der Waals surface area contributed by atoms with Crippen LogP contribution in [0.25, 0.3) is 0 Å². The van der Waals surface area contributed by atoms with E-state index in [4.69, 9.17) is 11.5 Å². The summed E-state index contributed by atoms with van der Waals surface area (Å²) in [6.45, 7) is 4.03. The van der Waals surface area contributed by atoms with E-state index in [1.54, 1.807) is 11.3 Å². The molecule has 1 amide bonds. The third kappa shape index (κ3) is 2.54. The number of carbonyl (C=O) groups excluding carboxylic acids is 1. The number of hydrogen-bond acceptors (Lipinski definition) is 3. The summed E-state index contributed by atoms with van der Waals surface area (Å²) < 4.78 is 0. The molecular formula is C9H14N2OS. The minimum atomic E-state index is -0.351. The molecule has 13 heavy (non-hydrogen) atoms. The second-order valence-electron chi connectivity index (χ2n) is 3.15. The Hall–Kier alpha value is -0.870. The Bertz CT molecular complexity index is 319. The van der Waals surface area contributed by atoms with Crippen molar-refractivity contribution in [1.29, 1.82) is 0 Å². The van der Waals surface area contributed by atoms with Gasteiger partial charge < -0.3 is 11.5 Å². The van der Waals surface area contributed by atoms with Gasteiger partial charge in [-0.05, 0) is 25.5 Å². The van der Waals surface area contributed by atoms with Gasteiger partial charge >= 0.3 is 0 Å². The maximum atomic E-state index is 10.6. The summed E-state index contributed by atoms with van der Waals surface area (Å²) in [7, 11) is 0. The lowest BCUT2D eigenvalue weighted by atomic mass is 10.1. The summed E-state index contributed by atoms with van der Waals surface area (Å²) in [4.78, 5) is 13.0. The highest BCUT2D eigenvalue weighted by molar-refractivity contribution is 7.12. The number of primary amides is 1. The van der Waals surface area contributed by atoms with E-state index in [1.165, 1.54) is 9.75 Å². The van der Waals surface area contributed by atoms with E-state index in [0.29, 0.717) is 0 Å². The summed E-state index contributed by atoms with van der Waals surface area (Å²) in [5.41, 5.74) is 11.9. The van der Waals surface area contributed by atoms with Gasteiger partial charge in [-0.2, -0.15) is 0 Å². The number of amides is 1. The normalized spacial score (nSPS) is 12.8. The number of nitrogens with two attached hydrogens (primary N) is 2. The molecule has 1 aromatic heterocycles. The van der Waals surface area contributed by atoms with Crippen LogP contribution in [0.2, 0.25) is 0 Å². The van der Waals surface area contributed by atoms with E-state index in [0.717, 1.165) is 5.56 Å². The second kappa shape index (κ2) is 3.89. The van der Waals surface area contributed by atoms with E-state index in [2.05, 4.69) is 0 Å². The molecule has 1 atom stereocenters. The zero-order valence-corrected chi connectivity index (χ0v) is 8.65. The number of carbonyl (C=O) groups is 1. The smallest absolute Gasteiger partial charge is 0.219 e. The van der Waals surface area contributed by atoms with Crippen molar-refractivity contribution in [3.8, 4) is 0 Å². The fourth-order valence-electron chi connectivity index (χ4n) is 1.35. The van der Waals surface area contributed by atoms with Crippen molar-refractivity contribution in [2.75, 3.05) is 0 Å². The summed E-state index contributed by atoms with van der Waals surface area (Å²) in [5.74, 6) is -0.351. The first-order valence-corrected chi connectivity index (χ1v) is 4.93. The molecule has 0 saturated heterocycles. The molecule has 0 saturated carbocycles. The molecule has 0 bridgehead atoms. The van der Waals surface area contributed by atoms with Crippen molar-refractivity contribution in [2.24, 2.45) is 11.5 Å². The average Bonchev–Trinajstić information content (AvgIpc) is 2.28. The van der Waals surface area contributed by atoms with Gasteiger partial charge in [-0.25, -0.2) is 0 Å². The van der Waals surface area contributed by atoms with E-state index in [1.807, 2.05) is 19.9 Å². The molecule has 0 spiro atoms. The van der Waals surface area contributed by atoms with Gasteiger partial charge in [-0.15, -0.1) is 11.3 Å². The molecule has 0 aromatic carbocycles. The summed E-state index contributed by atoms with van der Waals surface area (Å²) in [5, 5.41) is 0. The highest BCUT2D eigenvalue weighted by Gasteiger charge is 2.13. The van der Waals surface area contributed by atoms with Crippen LogP contribution in [-0.2, 0) is 4.79 Å². The molecule has 1 rings (SSSR count). The SMILES string of the molecule is Cc1cc([C@H](N)CC(N)=O)c(C)s1. The molecule has 72 valence electrons. The van der Waals surface area contributed by atoms with E-state index in [-0.39, 0.29) is 18.4 Å². The zero-order chi connectivity index (χ0) is 10.0. The maximum absolute atomic E-state index is 10.6. The molecule has 0 aliphatic rings. The first-order valence-electron chi connectivity index (χ1n) is 4.11. The predicted molar refractivity (Wildman–Crippen MR) is 54.5 cm³/mol. The van der Waals surface area contributed by atoms with Crippen molar-refractivity contribution < 1.29 is 4.79 Å². The lowest BCUT2D eigenvalue weighted by molar-refractivity contribution is -0.118.